The third kappa shape index (κ3) is 3.01. The van der Waals surface area contributed by atoms with Crippen LogP contribution < -0.4 is 0 Å². The van der Waals surface area contributed by atoms with Crippen molar-refractivity contribution in [1.29, 1.82) is 0 Å². The maximum atomic E-state index is 12.9. The number of likely N-dealkylation sites (tertiary alicyclic amines) is 1. The van der Waals surface area contributed by atoms with Gasteiger partial charge in [-0.2, -0.15) is 0 Å². The number of amides is 1. The molecular weight excluding hydrogens is 298 g/mol. The minimum Gasteiger partial charge on any atom is -0.479 e. The molecule has 0 spiro atoms. The number of carbonyl (C=O) groups excluding carboxylic acids is 2. The monoisotopic (exact) mass is 325 g/mol. The van der Waals surface area contributed by atoms with Crippen LogP contribution in [0.3, 0.4) is 0 Å². The normalized spacial score (nSPS) is 27.5. The molecule has 0 aromatic heterocycles. The molecule has 6 nitrogen and oxygen atoms in total. The largest absolute Gasteiger partial charge is 0.479 e. The van der Waals surface area contributed by atoms with Gasteiger partial charge in [-0.1, -0.05) is 26.2 Å². The number of ether oxygens (including phenoxy) is 1. The lowest BCUT2D eigenvalue weighted by Gasteiger charge is -2.44. The minimum atomic E-state index is -1.26. The van der Waals surface area contributed by atoms with Crippen molar-refractivity contribution in [3.8, 4) is 0 Å². The van der Waals surface area contributed by atoms with Crippen LogP contribution in [0.15, 0.2) is 0 Å². The van der Waals surface area contributed by atoms with Gasteiger partial charge in [0.1, 0.15) is 11.1 Å². The zero-order valence-corrected chi connectivity index (χ0v) is 14.1. The Bertz CT molecular complexity index is 483. The van der Waals surface area contributed by atoms with E-state index in [4.69, 9.17) is 4.74 Å². The van der Waals surface area contributed by atoms with Gasteiger partial charge in [0.25, 0.3) is 11.7 Å². The van der Waals surface area contributed by atoms with Crippen LogP contribution in [-0.2, 0) is 19.1 Å². The van der Waals surface area contributed by atoms with Gasteiger partial charge >= 0.3 is 5.97 Å². The zero-order valence-electron chi connectivity index (χ0n) is 14.1. The van der Waals surface area contributed by atoms with Crippen molar-refractivity contribution in [1.82, 2.24) is 4.90 Å². The highest BCUT2D eigenvalue weighted by Gasteiger charge is 2.52. The molecule has 23 heavy (non-hydrogen) atoms. The fourth-order valence-corrected chi connectivity index (χ4v) is 4.04. The Morgan fingerprint density at radius 1 is 1.04 bits per heavy atom. The quantitative estimate of drug-likeness (QED) is 0.783. The first-order valence-electron chi connectivity index (χ1n) is 8.58. The number of methoxy groups -OCH3 is 1. The number of aliphatic carboxylic acids is 1. The summed E-state index contributed by atoms with van der Waals surface area (Å²) in [6.45, 7) is 2.08. The van der Waals surface area contributed by atoms with Gasteiger partial charge in [0.2, 0.25) is 0 Å². The zero-order chi connectivity index (χ0) is 17.1. The number of ketones is 1. The van der Waals surface area contributed by atoms with Crippen molar-refractivity contribution in [3.63, 3.8) is 0 Å². The van der Waals surface area contributed by atoms with Gasteiger partial charge in [0.15, 0.2) is 0 Å². The molecule has 1 saturated heterocycles. The van der Waals surface area contributed by atoms with Gasteiger partial charge in [-0.25, -0.2) is 4.79 Å². The summed E-state index contributed by atoms with van der Waals surface area (Å²) in [5, 5.41) is 9.69. The number of hydrogen-bond acceptors (Lipinski definition) is 4. The third-order valence-electron chi connectivity index (χ3n) is 5.63. The second kappa shape index (κ2) is 6.99. The van der Waals surface area contributed by atoms with Crippen LogP contribution >= 0.6 is 0 Å². The molecule has 1 aliphatic carbocycles. The van der Waals surface area contributed by atoms with Crippen molar-refractivity contribution < 1.29 is 24.2 Å². The molecule has 130 valence electrons. The number of nitrogens with zero attached hydrogens (tertiary/aromatic N) is 1. The lowest BCUT2D eigenvalue weighted by atomic mass is 9.79. The average molecular weight is 325 g/mol. The summed E-state index contributed by atoms with van der Waals surface area (Å²) in [4.78, 5) is 38.9. The summed E-state index contributed by atoms with van der Waals surface area (Å²) in [6.07, 6.45) is 6.00. The maximum Gasteiger partial charge on any atom is 0.329 e. The summed E-state index contributed by atoms with van der Waals surface area (Å²) in [5.74, 6) is -2.27. The van der Waals surface area contributed by atoms with Crippen LogP contribution in [0.2, 0.25) is 0 Å². The van der Waals surface area contributed by atoms with E-state index in [0.29, 0.717) is 32.2 Å². The van der Waals surface area contributed by atoms with Crippen LogP contribution in [-0.4, -0.2) is 52.5 Å². The summed E-state index contributed by atoms with van der Waals surface area (Å²) in [5.41, 5.74) is -2.32. The van der Waals surface area contributed by atoms with Crippen molar-refractivity contribution in [3.05, 3.63) is 0 Å². The Kier molecular flexibility index (Phi) is 5.45. The Balaban J connectivity index is 2.29. The second-order valence-electron chi connectivity index (χ2n) is 6.69. The van der Waals surface area contributed by atoms with Crippen LogP contribution in [0, 0.1) is 0 Å². The van der Waals surface area contributed by atoms with Crippen LogP contribution in [0.25, 0.3) is 0 Å². The predicted molar refractivity (Wildman–Crippen MR) is 84.1 cm³/mol. The smallest absolute Gasteiger partial charge is 0.329 e. The van der Waals surface area contributed by atoms with Crippen molar-refractivity contribution in [2.75, 3.05) is 13.7 Å². The predicted octanol–water partition coefficient (Wildman–Crippen LogP) is 2.15. The van der Waals surface area contributed by atoms with E-state index >= 15 is 0 Å². The summed E-state index contributed by atoms with van der Waals surface area (Å²) < 4.78 is 5.47. The molecule has 1 atom stereocenters. The minimum absolute atomic E-state index is 0.307. The van der Waals surface area contributed by atoms with E-state index in [-0.39, 0.29) is 0 Å². The van der Waals surface area contributed by atoms with E-state index in [2.05, 4.69) is 0 Å². The Morgan fingerprint density at radius 3 is 2.17 bits per heavy atom. The first kappa shape index (κ1) is 17.9. The molecule has 1 heterocycles. The summed E-state index contributed by atoms with van der Waals surface area (Å²) in [7, 11) is 1.47. The lowest BCUT2D eigenvalue weighted by molar-refractivity contribution is -0.171. The SMILES string of the molecule is CCC1(C(=O)O)CCCCN1C(=O)C(=O)C1(OC)CCCCC1. The van der Waals surface area contributed by atoms with Crippen LogP contribution in [0.4, 0.5) is 0 Å². The van der Waals surface area contributed by atoms with Gasteiger partial charge in [-0.3, -0.25) is 9.59 Å². The molecule has 2 aliphatic rings. The van der Waals surface area contributed by atoms with E-state index in [1.807, 2.05) is 0 Å². The van der Waals surface area contributed by atoms with E-state index in [1.54, 1.807) is 6.92 Å². The van der Waals surface area contributed by atoms with Gasteiger partial charge in [0, 0.05) is 13.7 Å². The van der Waals surface area contributed by atoms with Crippen LogP contribution in [0.1, 0.15) is 64.7 Å². The topological polar surface area (TPSA) is 83.9 Å². The highest BCUT2D eigenvalue weighted by molar-refractivity contribution is 6.39. The molecule has 1 N–H and O–H groups in total. The van der Waals surface area contributed by atoms with Gasteiger partial charge in [0.05, 0.1) is 0 Å². The van der Waals surface area contributed by atoms with Gasteiger partial charge < -0.3 is 14.7 Å². The number of carbonyl (C=O) groups is 3. The number of Topliss-reactive ketones (excluding diaryl/α,β-unsaturated/α-hetero) is 1. The number of rotatable bonds is 5. The molecular formula is C17H27NO5. The molecule has 0 aromatic rings. The van der Waals surface area contributed by atoms with Crippen molar-refractivity contribution >= 4 is 17.7 Å². The summed E-state index contributed by atoms with van der Waals surface area (Å²) in [6, 6.07) is 0. The number of piperidine rings is 1. The second-order valence-corrected chi connectivity index (χ2v) is 6.69. The lowest BCUT2D eigenvalue weighted by Crippen LogP contribution is -2.63. The molecule has 1 saturated carbocycles. The van der Waals surface area contributed by atoms with Gasteiger partial charge in [-0.15, -0.1) is 0 Å². The molecule has 0 aromatic carbocycles. The van der Waals surface area contributed by atoms with Crippen molar-refractivity contribution in [2.24, 2.45) is 0 Å². The number of hydrogen-bond donors (Lipinski definition) is 1. The average Bonchev–Trinajstić information content (AvgIpc) is 2.60. The Hall–Kier alpha value is -1.43. The van der Waals surface area contributed by atoms with E-state index in [0.717, 1.165) is 32.1 Å². The third-order valence-corrected chi connectivity index (χ3v) is 5.63. The molecule has 2 fully saturated rings. The summed E-state index contributed by atoms with van der Waals surface area (Å²) >= 11 is 0. The Morgan fingerprint density at radius 2 is 1.65 bits per heavy atom. The van der Waals surface area contributed by atoms with E-state index in [9.17, 15) is 19.5 Å². The highest BCUT2D eigenvalue weighted by atomic mass is 16.5. The standard InChI is InChI=1S/C17H27NO5/c1-3-16(15(21)22)9-7-8-12-18(16)14(20)13(19)17(23-2)10-5-4-6-11-17/h3-12H2,1-2H3,(H,21,22). The van der Waals surface area contributed by atoms with Crippen LogP contribution in [0.5, 0.6) is 0 Å². The first-order valence-corrected chi connectivity index (χ1v) is 8.58. The fourth-order valence-electron chi connectivity index (χ4n) is 4.04. The number of carboxylic acids is 1. The molecule has 1 aliphatic heterocycles. The van der Waals surface area contributed by atoms with Gasteiger partial charge in [-0.05, 0) is 38.5 Å². The maximum absolute atomic E-state index is 12.9. The first-order chi connectivity index (χ1) is 10.9. The molecule has 0 radical (unpaired) electrons. The van der Waals surface area contributed by atoms with E-state index in [1.165, 1.54) is 12.0 Å². The molecule has 6 heteroatoms. The molecule has 2 rings (SSSR count). The Labute approximate surface area is 137 Å². The highest BCUT2D eigenvalue weighted by Crippen LogP contribution is 2.36. The molecule has 1 amide bonds. The number of carboxylic acid groups (broad SMARTS) is 1. The van der Waals surface area contributed by atoms with E-state index < -0.39 is 28.8 Å². The molecule has 0 bridgehead atoms. The molecule has 1 unspecified atom stereocenters. The fraction of sp³-hybridized carbons (Fsp3) is 0.824. The van der Waals surface area contributed by atoms with Crippen molar-refractivity contribution in [2.45, 2.75) is 75.9 Å².